The molecule has 0 aliphatic rings. The van der Waals surface area contributed by atoms with Gasteiger partial charge >= 0.3 is 6.09 Å². The molecular weight excluding hydrogens is 260 g/mol. The maximum Gasteiger partial charge on any atom is 0.407 e. The Morgan fingerprint density at radius 2 is 1.90 bits per heavy atom. The first-order valence-electron chi connectivity index (χ1n) is 6.99. The van der Waals surface area contributed by atoms with Crippen LogP contribution in [0.5, 0.6) is 0 Å². The van der Waals surface area contributed by atoms with E-state index in [0.29, 0.717) is 0 Å². The largest absolute Gasteiger partial charge is 0.444 e. The summed E-state index contributed by atoms with van der Waals surface area (Å²) in [5.41, 5.74) is -0.549. The van der Waals surface area contributed by atoms with Gasteiger partial charge in [0.2, 0.25) is 5.91 Å². The molecule has 0 rings (SSSR count). The lowest BCUT2D eigenvalue weighted by molar-refractivity contribution is -0.169. The zero-order chi connectivity index (χ0) is 15.8. The summed E-state index contributed by atoms with van der Waals surface area (Å²) in [6.45, 7) is 7.47. The smallest absolute Gasteiger partial charge is 0.407 e. The topological polar surface area (TPSA) is 67.9 Å². The Labute approximate surface area is 121 Å². The van der Waals surface area contributed by atoms with Crippen LogP contribution in [0.4, 0.5) is 4.79 Å². The molecule has 6 nitrogen and oxygen atoms in total. The van der Waals surface area contributed by atoms with Crippen LogP contribution in [-0.4, -0.2) is 42.9 Å². The third-order valence-corrected chi connectivity index (χ3v) is 2.67. The van der Waals surface area contributed by atoms with Gasteiger partial charge in [0.1, 0.15) is 5.60 Å². The fourth-order valence-electron chi connectivity index (χ4n) is 1.59. The Balaban J connectivity index is 4.48. The first-order valence-corrected chi connectivity index (χ1v) is 6.99. The molecule has 0 aliphatic carbocycles. The highest BCUT2D eigenvalue weighted by atomic mass is 16.7. The average molecular weight is 288 g/mol. The predicted octanol–water partition coefficient (Wildman–Crippen LogP) is 2.48. The Morgan fingerprint density at radius 3 is 2.35 bits per heavy atom. The number of hydrogen-bond acceptors (Lipinski definition) is 4. The minimum absolute atomic E-state index is 0.176. The van der Waals surface area contributed by atoms with Crippen LogP contribution in [0.25, 0.3) is 0 Å². The van der Waals surface area contributed by atoms with E-state index in [9.17, 15) is 9.59 Å². The zero-order valence-corrected chi connectivity index (χ0v) is 13.5. The number of nitrogens with zero attached hydrogens (tertiary/aromatic N) is 1. The average Bonchev–Trinajstić information content (AvgIpc) is 2.32. The van der Waals surface area contributed by atoms with E-state index in [-0.39, 0.29) is 18.4 Å². The van der Waals surface area contributed by atoms with Gasteiger partial charge < -0.3 is 10.1 Å². The van der Waals surface area contributed by atoms with E-state index < -0.39 is 11.7 Å². The fourth-order valence-corrected chi connectivity index (χ4v) is 1.59. The van der Waals surface area contributed by atoms with Crippen molar-refractivity contribution in [2.75, 3.05) is 14.2 Å². The third-order valence-electron chi connectivity index (χ3n) is 2.67. The molecule has 0 aromatic carbocycles. The molecule has 118 valence electrons. The second kappa shape index (κ2) is 8.79. The molecule has 0 fully saturated rings. The molecule has 1 atom stereocenters. The number of hydroxylamine groups is 2. The number of carbonyl (C=O) groups excluding carboxylic acids is 2. The van der Waals surface area contributed by atoms with Crippen molar-refractivity contribution in [1.82, 2.24) is 10.4 Å². The number of carbonyl (C=O) groups is 2. The van der Waals surface area contributed by atoms with Crippen molar-refractivity contribution in [2.24, 2.45) is 0 Å². The van der Waals surface area contributed by atoms with Crippen molar-refractivity contribution >= 4 is 12.0 Å². The first kappa shape index (κ1) is 18.7. The van der Waals surface area contributed by atoms with Gasteiger partial charge in [-0.05, 0) is 27.2 Å². The molecule has 0 saturated carbocycles. The van der Waals surface area contributed by atoms with Crippen LogP contribution >= 0.6 is 0 Å². The zero-order valence-electron chi connectivity index (χ0n) is 13.5. The van der Waals surface area contributed by atoms with E-state index in [4.69, 9.17) is 9.57 Å². The van der Waals surface area contributed by atoms with Gasteiger partial charge in [-0.2, -0.15) is 0 Å². The minimum atomic E-state index is -0.549. The van der Waals surface area contributed by atoms with Gasteiger partial charge in [-0.25, -0.2) is 9.86 Å². The second-order valence-electron chi connectivity index (χ2n) is 5.76. The van der Waals surface area contributed by atoms with E-state index in [2.05, 4.69) is 12.2 Å². The van der Waals surface area contributed by atoms with E-state index >= 15 is 0 Å². The van der Waals surface area contributed by atoms with Crippen LogP contribution in [0.3, 0.4) is 0 Å². The molecule has 0 saturated heterocycles. The highest BCUT2D eigenvalue weighted by Gasteiger charge is 2.22. The summed E-state index contributed by atoms with van der Waals surface area (Å²) in [4.78, 5) is 28.4. The molecule has 0 heterocycles. The van der Waals surface area contributed by atoms with Crippen molar-refractivity contribution in [3.63, 3.8) is 0 Å². The van der Waals surface area contributed by atoms with Crippen molar-refractivity contribution in [3.8, 4) is 0 Å². The Hall–Kier alpha value is -1.30. The second-order valence-corrected chi connectivity index (χ2v) is 5.76. The quantitative estimate of drug-likeness (QED) is 0.731. The number of hydrogen-bond donors (Lipinski definition) is 1. The molecule has 2 amide bonds. The van der Waals surface area contributed by atoms with Crippen LogP contribution in [-0.2, 0) is 14.4 Å². The number of rotatable bonds is 7. The molecule has 0 bridgehead atoms. The SMILES string of the molecule is CCCCC(CC(=O)N(C)OC)NC(=O)OC(C)(C)C. The normalized spacial score (nSPS) is 12.7. The van der Waals surface area contributed by atoms with Gasteiger partial charge in [0.05, 0.1) is 7.11 Å². The molecular formula is C14H28N2O4. The minimum Gasteiger partial charge on any atom is -0.444 e. The maximum atomic E-state index is 11.8. The van der Waals surface area contributed by atoms with Gasteiger partial charge in [-0.1, -0.05) is 19.8 Å². The number of alkyl carbamates (subject to hydrolysis) is 1. The van der Waals surface area contributed by atoms with Gasteiger partial charge in [0.25, 0.3) is 0 Å². The molecule has 0 radical (unpaired) electrons. The highest BCUT2D eigenvalue weighted by molar-refractivity contribution is 5.76. The lowest BCUT2D eigenvalue weighted by atomic mass is 10.1. The third kappa shape index (κ3) is 8.74. The standard InChI is InChI=1S/C14H28N2O4/c1-7-8-9-11(10-12(17)16(5)19-6)15-13(18)20-14(2,3)4/h11H,7-10H2,1-6H3,(H,15,18). The van der Waals surface area contributed by atoms with E-state index in [1.54, 1.807) is 27.8 Å². The molecule has 1 unspecified atom stereocenters. The van der Waals surface area contributed by atoms with E-state index in [1.807, 2.05) is 0 Å². The molecule has 0 aromatic rings. The summed E-state index contributed by atoms with van der Waals surface area (Å²) in [5, 5.41) is 3.92. The number of unbranched alkanes of at least 4 members (excludes halogenated alkanes) is 1. The summed E-state index contributed by atoms with van der Waals surface area (Å²) in [6.07, 6.45) is 2.37. The molecule has 20 heavy (non-hydrogen) atoms. The molecule has 6 heteroatoms. The van der Waals surface area contributed by atoms with E-state index in [0.717, 1.165) is 24.3 Å². The van der Waals surface area contributed by atoms with Crippen LogP contribution in [0, 0.1) is 0 Å². The summed E-state index contributed by atoms with van der Waals surface area (Å²) < 4.78 is 5.21. The Bertz CT molecular complexity index is 313. The number of amides is 2. The predicted molar refractivity (Wildman–Crippen MR) is 77.1 cm³/mol. The lowest BCUT2D eigenvalue weighted by Crippen LogP contribution is -2.42. The van der Waals surface area contributed by atoms with Crippen LogP contribution in [0.1, 0.15) is 53.4 Å². The monoisotopic (exact) mass is 288 g/mol. The van der Waals surface area contributed by atoms with Crippen molar-refractivity contribution in [2.45, 2.75) is 65.0 Å². The van der Waals surface area contributed by atoms with Crippen molar-refractivity contribution in [3.05, 3.63) is 0 Å². The van der Waals surface area contributed by atoms with Gasteiger partial charge in [-0.15, -0.1) is 0 Å². The van der Waals surface area contributed by atoms with Crippen LogP contribution in [0.15, 0.2) is 0 Å². The number of ether oxygens (including phenoxy) is 1. The fraction of sp³-hybridized carbons (Fsp3) is 0.857. The highest BCUT2D eigenvalue weighted by Crippen LogP contribution is 2.10. The van der Waals surface area contributed by atoms with Gasteiger partial charge in [0.15, 0.2) is 0 Å². The van der Waals surface area contributed by atoms with E-state index in [1.165, 1.54) is 7.11 Å². The summed E-state index contributed by atoms with van der Waals surface area (Å²) >= 11 is 0. The Morgan fingerprint density at radius 1 is 1.30 bits per heavy atom. The summed E-state index contributed by atoms with van der Waals surface area (Å²) in [6, 6.07) is -0.241. The summed E-state index contributed by atoms with van der Waals surface area (Å²) in [7, 11) is 2.98. The Kier molecular flexibility index (Phi) is 8.22. The van der Waals surface area contributed by atoms with Gasteiger partial charge in [-0.3, -0.25) is 9.63 Å². The van der Waals surface area contributed by atoms with Crippen LogP contribution < -0.4 is 5.32 Å². The van der Waals surface area contributed by atoms with Crippen molar-refractivity contribution < 1.29 is 19.2 Å². The molecule has 1 N–H and O–H groups in total. The van der Waals surface area contributed by atoms with Crippen LogP contribution in [0.2, 0.25) is 0 Å². The molecule has 0 aliphatic heterocycles. The lowest BCUT2D eigenvalue weighted by Gasteiger charge is -2.24. The first-order chi connectivity index (χ1) is 9.19. The van der Waals surface area contributed by atoms with Gasteiger partial charge in [0, 0.05) is 19.5 Å². The summed E-state index contributed by atoms with van der Waals surface area (Å²) in [5.74, 6) is -0.176. The molecule has 0 aromatic heterocycles. The van der Waals surface area contributed by atoms with Crippen molar-refractivity contribution in [1.29, 1.82) is 0 Å². The maximum absolute atomic E-state index is 11.8. The molecule has 0 spiro atoms. The number of nitrogens with one attached hydrogen (secondary N) is 1.